The van der Waals surface area contributed by atoms with Gasteiger partial charge in [0.25, 0.3) is 0 Å². The first-order chi connectivity index (χ1) is 9.96. The number of fused-ring (bicyclic) bond motifs is 1. The van der Waals surface area contributed by atoms with Crippen molar-refractivity contribution >= 4 is 22.6 Å². The van der Waals surface area contributed by atoms with Gasteiger partial charge in [0.15, 0.2) is 11.6 Å². The number of imidazole rings is 1. The van der Waals surface area contributed by atoms with Gasteiger partial charge in [0.05, 0.1) is 35.7 Å². The predicted molar refractivity (Wildman–Crippen MR) is 79.6 cm³/mol. The van der Waals surface area contributed by atoms with Crippen LogP contribution >= 0.6 is 11.6 Å². The van der Waals surface area contributed by atoms with Crippen LogP contribution in [0, 0.1) is 5.82 Å². The van der Waals surface area contributed by atoms with Crippen molar-refractivity contribution in [2.75, 3.05) is 20.3 Å². The Labute approximate surface area is 127 Å². The molecule has 21 heavy (non-hydrogen) atoms. The van der Waals surface area contributed by atoms with Crippen molar-refractivity contribution < 1.29 is 13.9 Å². The Morgan fingerprint density at radius 3 is 2.86 bits per heavy atom. The van der Waals surface area contributed by atoms with Gasteiger partial charge in [0.2, 0.25) is 0 Å². The highest BCUT2D eigenvalue weighted by Gasteiger charge is 2.36. The quantitative estimate of drug-likeness (QED) is 0.812. The van der Waals surface area contributed by atoms with Crippen molar-refractivity contribution in [1.82, 2.24) is 9.55 Å². The average molecular weight is 313 g/mol. The molecule has 0 radical (unpaired) electrons. The Kier molecular flexibility index (Phi) is 3.58. The monoisotopic (exact) mass is 312 g/mol. The summed E-state index contributed by atoms with van der Waals surface area (Å²) in [7, 11) is 1.45. The van der Waals surface area contributed by atoms with Crippen LogP contribution in [0.5, 0.6) is 5.75 Å². The van der Waals surface area contributed by atoms with Gasteiger partial charge in [-0.25, -0.2) is 9.37 Å². The first-order valence-corrected chi connectivity index (χ1v) is 7.38. The minimum absolute atomic E-state index is 0.208. The number of hydrogen-bond donors (Lipinski definition) is 0. The van der Waals surface area contributed by atoms with Crippen molar-refractivity contribution in [3.63, 3.8) is 0 Å². The lowest BCUT2D eigenvalue weighted by atomic mass is 10.0. The SMILES string of the molecule is COc1cc2c(cc1F)nc(C(C)Cl)n2C1(C)CCOC1. The molecular formula is C15H18ClFN2O2. The number of halogens is 2. The zero-order chi connectivity index (χ0) is 15.2. The Bertz CT molecular complexity index is 678. The molecule has 0 amide bonds. The predicted octanol–water partition coefficient (Wildman–Crippen LogP) is 3.62. The largest absolute Gasteiger partial charge is 0.494 e. The van der Waals surface area contributed by atoms with Gasteiger partial charge in [0.1, 0.15) is 5.82 Å². The zero-order valence-corrected chi connectivity index (χ0v) is 13.1. The number of ether oxygens (including phenoxy) is 2. The third-order valence-electron chi connectivity index (χ3n) is 4.05. The third-order valence-corrected chi connectivity index (χ3v) is 4.24. The van der Waals surface area contributed by atoms with E-state index in [4.69, 9.17) is 21.1 Å². The maximum atomic E-state index is 13.9. The zero-order valence-electron chi connectivity index (χ0n) is 12.3. The normalized spacial score (nSPS) is 23.7. The van der Waals surface area contributed by atoms with E-state index in [2.05, 4.69) is 16.5 Å². The Morgan fingerprint density at radius 2 is 2.29 bits per heavy atom. The van der Waals surface area contributed by atoms with E-state index in [1.807, 2.05) is 6.92 Å². The lowest BCUT2D eigenvalue weighted by Gasteiger charge is -2.28. The van der Waals surface area contributed by atoms with Gasteiger partial charge in [-0.05, 0) is 20.3 Å². The van der Waals surface area contributed by atoms with Crippen molar-refractivity contribution in [2.24, 2.45) is 0 Å². The topological polar surface area (TPSA) is 36.3 Å². The molecule has 0 spiro atoms. The molecule has 0 N–H and O–H groups in total. The van der Waals surface area contributed by atoms with E-state index >= 15 is 0 Å². The lowest BCUT2D eigenvalue weighted by Crippen LogP contribution is -2.32. The first-order valence-electron chi connectivity index (χ1n) is 6.94. The van der Waals surface area contributed by atoms with Crippen LogP contribution in [0.2, 0.25) is 0 Å². The van der Waals surface area contributed by atoms with Crippen molar-refractivity contribution in [2.45, 2.75) is 31.2 Å². The average Bonchev–Trinajstić information content (AvgIpc) is 3.02. The molecular weight excluding hydrogens is 295 g/mol. The number of methoxy groups -OCH3 is 1. The maximum absolute atomic E-state index is 13.9. The second-order valence-corrected chi connectivity index (χ2v) is 6.35. The standard InChI is InChI=1S/C15H18ClFN2O2/c1-9(16)14-18-11-6-10(17)13(20-3)7-12(11)19(14)15(2)4-5-21-8-15/h6-7,9H,4-5,8H2,1-3H3. The van der Waals surface area contributed by atoms with Crippen LogP contribution in [-0.2, 0) is 10.3 Å². The summed E-state index contributed by atoms with van der Waals surface area (Å²) < 4.78 is 26.6. The second kappa shape index (κ2) is 5.14. The summed E-state index contributed by atoms with van der Waals surface area (Å²) in [6.45, 7) is 5.27. The molecule has 1 saturated heterocycles. The fourth-order valence-corrected chi connectivity index (χ4v) is 3.07. The van der Waals surface area contributed by atoms with Crippen LogP contribution in [-0.4, -0.2) is 29.9 Å². The van der Waals surface area contributed by atoms with E-state index in [1.165, 1.54) is 13.2 Å². The highest BCUT2D eigenvalue weighted by molar-refractivity contribution is 6.20. The minimum atomic E-state index is -0.420. The molecule has 2 unspecified atom stereocenters. The van der Waals surface area contributed by atoms with Crippen molar-refractivity contribution in [1.29, 1.82) is 0 Å². The number of nitrogens with zero attached hydrogens (tertiary/aromatic N) is 2. The summed E-state index contributed by atoms with van der Waals surface area (Å²) >= 11 is 6.28. The molecule has 3 rings (SSSR count). The van der Waals surface area contributed by atoms with Crippen molar-refractivity contribution in [3.8, 4) is 5.75 Å². The van der Waals surface area contributed by atoms with E-state index in [1.54, 1.807) is 6.07 Å². The minimum Gasteiger partial charge on any atom is -0.494 e. The van der Waals surface area contributed by atoms with Crippen LogP contribution in [0.25, 0.3) is 11.0 Å². The molecule has 1 aromatic heterocycles. The molecule has 2 heterocycles. The Balaban J connectivity index is 2.30. The molecule has 0 bridgehead atoms. The van der Waals surface area contributed by atoms with Crippen LogP contribution in [0.4, 0.5) is 4.39 Å². The summed E-state index contributed by atoms with van der Waals surface area (Å²) in [6, 6.07) is 3.08. The van der Waals surface area contributed by atoms with Gasteiger partial charge in [0, 0.05) is 18.7 Å². The first kappa shape index (κ1) is 14.6. The van der Waals surface area contributed by atoms with Gasteiger partial charge in [-0.1, -0.05) is 0 Å². The summed E-state index contributed by atoms with van der Waals surface area (Å²) in [4.78, 5) is 4.52. The smallest absolute Gasteiger partial charge is 0.167 e. The molecule has 1 fully saturated rings. The van der Waals surface area contributed by atoms with Crippen LogP contribution in [0.3, 0.4) is 0 Å². The molecule has 1 aromatic carbocycles. The lowest BCUT2D eigenvalue weighted by molar-refractivity contribution is 0.162. The molecule has 0 saturated carbocycles. The Morgan fingerprint density at radius 1 is 1.52 bits per heavy atom. The molecule has 2 atom stereocenters. The Hall–Kier alpha value is -1.33. The summed E-state index contributed by atoms with van der Waals surface area (Å²) in [5, 5.41) is -0.274. The van der Waals surface area contributed by atoms with E-state index in [-0.39, 0.29) is 16.7 Å². The van der Waals surface area contributed by atoms with Gasteiger partial charge >= 0.3 is 0 Å². The van der Waals surface area contributed by atoms with E-state index < -0.39 is 5.82 Å². The van der Waals surface area contributed by atoms with Gasteiger partial charge in [-0.2, -0.15) is 0 Å². The van der Waals surface area contributed by atoms with Crippen LogP contribution < -0.4 is 4.74 Å². The van der Waals surface area contributed by atoms with Gasteiger partial charge in [-0.15, -0.1) is 11.6 Å². The van der Waals surface area contributed by atoms with Crippen molar-refractivity contribution in [3.05, 3.63) is 23.8 Å². The molecule has 2 aromatic rings. The summed E-state index contributed by atoms with van der Waals surface area (Å²) in [5.74, 6) is 0.517. The number of rotatable bonds is 3. The number of hydrogen-bond acceptors (Lipinski definition) is 3. The molecule has 114 valence electrons. The van der Waals surface area contributed by atoms with Gasteiger partial charge < -0.3 is 14.0 Å². The van der Waals surface area contributed by atoms with E-state index in [0.29, 0.717) is 18.7 Å². The molecule has 4 nitrogen and oxygen atoms in total. The summed E-state index contributed by atoms with van der Waals surface area (Å²) in [5.41, 5.74) is 1.18. The number of aromatic nitrogens is 2. The fraction of sp³-hybridized carbons (Fsp3) is 0.533. The highest BCUT2D eigenvalue weighted by atomic mass is 35.5. The number of alkyl halides is 1. The fourth-order valence-electron chi connectivity index (χ4n) is 2.92. The van der Waals surface area contributed by atoms with Gasteiger partial charge in [-0.3, -0.25) is 0 Å². The van der Waals surface area contributed by atoms with Crippen LogP contribution in [0.1, 0.15) is 31.5 Å². The maximum Gasteiger partial charge on any atom is 0.167 e. The van der Waals surface area contributed by atoms with Crippen LogP contribution in [0.15, 0.2) is 12.1 Å². The second-order valence-electron chi connectivity index (χ2n) is 5.70. The molecule has 6 heteroatoms. The summed E-state index contributed by atoms with van der Waals surface area (Å²) in [6.07, 6.45) is 0.870. The third kappa shape index (κ3) is 2.28. The number of benzene rings is 1. The van der Waals surface area contributed by atoms with E-state index in [0.717, 1.165) is 17.8 Å². The highest BCUT2D eigenvalue weighted by Crippen LogP contribution is 2.37. The molecule has 0 aliphatic carbocycles. The molecule has 1 aliphatic heterocycles. The molecule has 1 aliphatic rings. The van der Waals surface area contributed by atoms with E-state index in [9.17, 15) is 4.39 Å².